The SMILES string of the molecule is C.Cc1nc(-c2nc(-c3ccc(OC(F)(F)F)cc3)no2)n[nH]1.Cc1nc(-c2nc(-c3ccc(OC(F)(F)F)cc3)no2)nn1Cc1cccc(O)c1.Oc1cccc(CBr)c1. The fourth-order valence-electron chi connectivity index (χ4n) is 5.04. The van der Waals surface area contributed by atoms with Crippen LogP contribution in [0.3, 0.4) is 0 Å². The fraction of sp³-hybridized carbons (Fsp3) is 0.179. The molecule has 8 aromatic rings. The largest absolute Gasteiger partial charge is 0.573 e. The summed E-state index contributed by atoms with van der Waals surface area (Å²) in [5, 5.41) is 37.7. The average Bonchev–Trinajstić information content (AvgIpc) is 4.03. The average molecular weight is 932 g/mol. The number of ether oxygens (including phenoxy) is 2. The normalized spacial score (nSPS) is 11.1. The first kappa shape index (κ1) is 45.8. The maximum atomic E-state index is 12.3. The minimum absolute atomic E-state index is 0. The van der Waals surface area contributed by atoms with E-state index in [0.717, 1.165) is 40.7 Å². The number of halogens is 7. The van der Waals surface area contributed by atoms with Crippen LogP contribution in [0.25, 0.3) is 46.2 Å². The van der Waals surface area contributed by atoms with Crippen LogP contribution in [0.1, 0.15) is 30.2 Å². The molecule has 324 valence electrons. The zero-order valence-electron chi connectivity index (χ0n) is 31.3. The van der Waals surface area contributed by atoms with Gasteiger partial charge in [-0.3, -0.25) is 5.10 Å². The molecule has 0 spiro atoms. The maximum Gasteiger partial charge on any atom is 0.573 e. The third-order valence-electron chi connectivity index (χ3n) is 7.69. The number of hydrogen-bond acceptors (Lipinski definition) is 14. The highest BCUT2D eigenvalue weighted by Crippen LogP contribution is 2.28. The number of benzene rings is 4. The van der Waals surface area contributed by atoms with Gasteiger partial charge in [-0.1, -0.05) is 57.9 Å². The van der Waals surface area contributed by atoms with E-state index in [-0.39, 0.29) is 59.8 Å². The summed E-state index contributed by atoms with van der Waals surface area (Å²) < 4.78 is 92.5. The van der Waals surface area contributed by atoms with Crippen LogP contribution in [-0.4, -0.2) is 73.2 Å². The zero-order chi connectivity index (χ0) is 43.7. The fourth-order valence-corrected chi connectivity index (χ4v) is 5.39. The third kappa shape index (κ3) is 13.1. The molecular formula is C39H33BrF6N10O6. The second kappa shape index (κ2) is 19.8. The summed E-state index contributed by atoms with van der Waals surface area (Å²) in [6, 6.07) is 24.1. The lowest BCUT2D eigenvalue weighted by Gasteiger charge is -2.08. The van der Waals surface area contributed by atoms with E-state index in [1.54, 1.807) is 48.9 Å². The number of aryl methyl sites for hydroxylation is 2. The third-order valence-corrected chi connectivity index (χ3v) is 8.34. The van der Waals surface area contributed by atoms with Crippen LogP contribution in [0.2, 0.25) is 0 Å². The summed E-state index contributed by atoms with van der Waals surface area (Å²) in [6.07, 6.45) is -9.49. The Morgan fingerprint density at radius 1 is 0.645 bits per heavy atom. The first-order valence-electron chi connectivity index (χ1n) is 17.3. The highest BCUT2D eigenvalue weighted by atomic mass is 79.9. The number of aromatic amines is 1. The smallest absolute Gasteiger partial charge is 0.508 e. The Bertz CT molecular complexity index is 2660. The Labute approximate surface area is 355 Å². The van der Waals surface area contributed by atoms with Gasteiger partial charge in [-0.2, -0.15) is 9.97 Å². The Hall–Kier alpha value is -7.30. The second-order valence-electron chi connectivity index (χ2n) is 12.3. The van der Waals surface area contributed by atoms with Crippen LogP contribution in [0.15, 0.2) is 106 Å². The van der Waals surface area contributed by atoms with Gasteiger partial charge < -0.3 is 28.7 Å². The van der Waals surface area contributed by atoms with Gasteiger partial charge in [0, 0.05) is 16.5 Å². The van der Waals surface area contributed by atoms with E-state index in [1.165, 1.54) is 24.3 Å². The van der Waals surface area contributed by atoms with Crippen LogP contribution >= 0.6 is 15.9 Å². The Morgan fingerprint density at radius 3 is 1.56 bits per heavy atom. The molecule has 0 aliphatic carbocycles. The number of phenols is 2. The number of nitrogens with zero attached hydrogens (tertiary/aromatic N) is 9. The van der Waals surface area contributed by atoms with Gasteiger partial charge in [0.05, 0.1) is 6.54 Å². The molecular weight excluding hydrogens is 898 g/mol. The standard InChI is InChI=1S/C19H14F3N5O3.C12H8F3N5O2.C7H7BrO.CH4/c1-11-23-17(25-27(11)10-12-3-2-4-14(28)9-12)18-24-16(26-30-18)13-5-7-15(8-6-13)29-19(20,21)22;1-6-16-10(19-18-6)11-17-9(20-22-11)7-2-4-8(5-3-7)21-12(13,14)15;8-5-6-2-1-3-7(9)4-6;/h2-9,28H,10H2,1H3;2-5H,1H3,(H,16,18,19);1-4,9H,5H2;1H4. The molecule has 0 amide bonds. The Kier molecular flexibility index (Phi) is 14.6. The number of nitrogens with one attached hydrogen (secondary N) is 1. The summed E-state index contributed by atoms with van der Waals surface area (Å²) in [6.45, 7) is 3.86. The number of rotatable bonds is 9. The second-order valence-corrected chi connectivity index (χ2v) is 12.9. The summed E-state index contributed by atoms with van der Waals surface area (Å²) in [5.74, 6) is 1.99. The molecule has 4 aromatic carbocycles. The van der Waals surface area contributed by atoms with Crippen molar-refractivity contribution in [2.45, 2.75) is 45.9 Å². The molecule has 16 nitrogen and oxygen atoms in total. The van der Waals surface area contributed by atoms with Gasteiger partial charge in [-0.25, -0.2) is 14.6 Å². The summed E-state index contributed by atoms with van der Waals surface area (Å²) in [7, 11) is 0. The Balaban J connectivity index is 0.000000198. The predicted molar refractivity (Wildman–Crippen MR) is 211 cm³/mol. The van der Waals surface area contributed by atoms with Crippen molar-refractivity contribution >= 4 is 15.9 Å². The van der Waals surface area contributed by atoms with E-state index >= 15 is 0 Å². The molecule has 0 unspecified atom stereocenters. The zero-order valence-corrected chi connectivity index (χ0v) is 32.9. The molecule has 4 aromatic heterocycles. The van der Waals surface area contributed by atoms with Crippen molar-refractivity contribution in [2.75, 3.05) is 0 Å². The molecule has 62 heavy (non-hydrogen) atoms. The molecule has 0 fully saturated rings. The lowest BCUT2D eigenvalue weighted by Crippen LogP contribution is -2.16. The first-order valence-corrected chi connectivity index (χ1v) is 18.4. The number of hydrogen-bond donors (Lipinski definition) is 3. The van der Waals surface area contributed by atoms with Gasteiger partial charge in [0.25, 0.3) is 11.8 Å². The number of alkyl halides is 7. The Morgan fingerprint density at radius 2 is 1.13 bits per heavy atom. The molecule has 4 heterocycles. The van der Waals surface area contributed by atoms with E-state index in [4.69, 9.17) is 14.2 Å². The van der Waals surface area contributed by atoms with E-state index in [2.05, 4.69) is 70.9 Å². The molecule has 0 atom stereocenters. The van der Waals surface area contributed by atoms with Crippen LogP contribution in [-0.2, 0) is 11.9 Å². The lowest BCUT2D eigenvalue weighted by atomic mass is 10.2. The van der Waals surface area contributed by atoms with Crippen molar-refractivity contribution in [1.29, 1.82) is 0 Å². The number of aromatic hydroxyl groups is 2. The van der Waals surface area contributed by atoms with Crippen molar-refractivity contribution in [3.05, 3.63) is 120 Å². The minimum atomic E-state index is -4.76. The molecule has 0 saturated heterocycles. The first-order chi connectivity index (χ1) is 29.0. The molecule has 3 N–H and O–H groups in total. The van der Waals surface area contributed by atoms with Crippen LogP contribution in [0.5, 0.6) is 23.0 Å². The van der Waals surface area contributed by atoms with Crippen molar-refractivity contribution in [3.8, 4) is 69.2 Å². The van der Waals surface area contributed by atoms with Crippen LogP contribution in [0.4, 0.5) is 26.3 Å². The number of aromatic nitrogens is 10. The van der Waals surface area contributed by atoms with Gasteiger partial charge in [-0.15, -0.1) is 36.5 Å². The molecule has 0 aliphatic rings. The summed E-state index contributed by atoms with van der Waals surface area (Å²) >= 11 is 3.28. The number of phenolic OH excluding ortho intramolecular Hbond substituents is 2. The van der Waals surface area contributed by atoms with Gasteiger partial charge in [0.1, 0.15) is 34.6 Å². The van der Waals surface area contributed by atoms with Gasteiger partial charge in [0.2, 0.25) is 23.3 Å². The van der Waals surface area contributed by atoms with E-state index in [0.29, 0.717) is 35.1 Å². The summed E-state index contributed by atoms with van der Waals surface area (Å²) in [5.41, 5.74) is 2.84. The maximum absolute atomic E-state index is 12.3. The van der Waals surface area contributed by atoms with E-state index in [9.17, 15) is 31.4 Å². The molecule has 0 aliphatic heterocycles. The van der Waals surface area contributed by atoms with E-state index < -0.39 is 12.7 Å². The molecule has 8 rings (SSSR count). The predicted octanol–water partition coefficient (Wildman–Crippen LogP) is 9.61. The molecule has 0 bridgehead atoms. The lowest BCUT2D eigenvalue weighted by molar-refractivity contribution is -0.275. The highest BCUT2D eigenvalue weighted by molar-refractivity contribution is 9.08. The van der Waals surface area contributed by atoms with Crippen molar-refractivity contribution in [1.82, 2.24) is 50.2 Å². The van der Waals surface area contributed by atoms with Crippen molar-refractivity contribution in [3.63, 3.8) is 0 Å². The van der Waals surface area contributed by atoms with E-state index in [1.807, 2.05) is 18.2 Å². The molecule has 23 heteroatoms. The minimum Gasteiger partial charge on any atom is -0.508 e. The van der Waals surface area contributed by atoms with Crippen LogP contribution in [0, 0.1) is 13.8 Å². The van der Waals surface area contributed by atoms with Gasteiger partial charge in [0.15, 0.2) is 0 Å². The topological polar surface area (TPSA) is 209 Å². The van der Waals surface area contributed by atoms with Gasteiger partial charge in [-0.05, 0) is 97.8 Å². The summed E-state index contributed by atoms with van der Waals surface area (Å²) in [4.78, 5) is 16.6. The van der Waals surface area contributed by atoms with Crippen molar-refractivity contribution < 1.29 is 55.1 Å². The van der Waals surface area contributed by atoms with Gasteiger partial charge >= 0.3 is 12.7 Å². The van der Waals surface area contributed by atoms with Crippen LogP contribution < -0.4 is 9.47 Å². The number of H-pyrrole nitrogens is 1. The molecule has 0 saturated carbocycles. The highest BCUT2D eigenvalue weighted by Gasteiger charge is 2.32. The molecule has 0 radical (unpaired) electrons. The quantitative estimate of drug-likeness (QED) is 0.0910. The van der Waals surface area contributed by atoms with Crippen molar-refractivity contribution in [2.24, 2.45) is 0 Å². The monoisotopic (exact) mass is 930 g/mol.